The number of aromatic nitrogens is 1. The third-order valence-electron chi connectivity index (χ3n) is 10.9. The summed E-state index contributed by atoms with van der Waals surface area (Å²) in [6.45, 7) is 12.7. The van der Waals surface area contributed by atoms with E-state index in [0.717, 1.165) is 5.39 Å². The van der Waals surface area contributed by atoms with Crippen molar-refractivity contribution in [3.63, 3.8) is 0 Å². The highest BCUT2D eigenvalue weighted by atomic mass is 32.2. The molecule has 15 heteroatoms. The Balaban J connectivity index is 1.43. The van der Waals surface area contributed by atoms with E-state index in [4.69, 9.17) is 23.1 Å². The van der Waals surface area contributed by atoms with Gasteiger partial charge in [0.25, 0.3) is 0 Å². The second-order valence-corrected chi connectivity index (χ2v) is 18.3. The fourth-order valence-corrected chi connectivity index (χ4v) is 8.64. The van der Waals surface area contributed by atoms with Crippen molar-refractivity contribution in [1.29, 1.82) is 0 Å². The van der Waals surface area contributed by atoms with Gasteiger partial charge in [-0.3, -0.25) is 19.2 Å². The van der Waals surface area contributed by atoms with Crippen LogP contribution in [0, 0.1) is 22.7 Å². The summed E-state index contributed by atoms with van der Waals surface area (Å²) < 4.78 is 55.6. The van der Waals surface area contributed by atoms with Crippen molar-refractivity contribution in [2.45, 2.75) is 117 Å². The molecule has 1 aromatic carbocycles. The lowest BCUT2D eigenvalue weighted by Crippen LogP contribution is -2.49. The van der Waals surface area contributed by atoms with Crippen LogP contribution in [0.2, 0.25) is 0 Å². The first-order valence-electron chi connectivity index (χ1n) is 18.6. The number of pyridine rings is 1. The zero-order valence-electron chi connectivity index (χ0n) is 32.9. The Morgan fingerprint density at radius 2 is 1.78 bits per heavy atom. The zero-order chi connectivity index (χ0) is 39.9. The summed E-state index contributed by atoms with van der Waals surface area (Å²) in [5.41, 5.74) is -3.77. The molecule has 5 rings (SSSR count). The van der Waals surface area contributed by atoms with Gasteiger partial charge in [-0.25, -0.2) is 13.9 Å². The smallest absolute Gasteiger partial charge is 0.362 e. The number of ether oxygens (including phenoxy) is 4. The molecular weight excluding hydrogens is 719 g/mol. The van der Waals surface area contributed by atoms with Crippen LogP contribution >= 0.6 is 0 Å². The standard InChI is InChI=1S/C39H55N3O11S/c1-10-25-20-39(25,35(46)41-54(47,48)53-38(7)14-15-38)21-31(43)30-18-27(51-33-28-12-11-26(50-9)17-24(28)13-16-40-33)22-42(30)34(45)29(36(2,3)4)19-32(44)52-37(5,6)23-49-8/h11-13,16-17,25,27,29-30H,10,14-15,18-23H2,1-9H3,(H,41,46)/t25-,27-,29-,30+,39-/m1/s1. The molecule has 1 aliphatic heterocycles. The van der Waals surface area contributed by atoms with Gasteiger partial charge < -0.3 is 23.8 Å². The molecule has 3 fully saturated rings. The molecule has 54 heavy (non-hydrogen) atoms. The first kappa shape index (κ1) is 41.3. The van der Waals surface area contributed by atoms with Gasteiger partial charge in [-0.15, -0.1) is 0 Å². The second-order valence-electron chi connectivity index (χ2n) is 17.0. The lowest BCUT2D eigenvalue weighted by Gasteiger charge is -2.35. The molecule has 1 N–H and O–H groups in total. The van der Waals surface area contributed by atoms with Gasteiger partial charge in [0, 0.05) is 31.5 Å². The number of methoxy groups -OCH3 is 2. The van der Waals surface area contributed by atoms with E-state index >= 15 is 0 Å². The highest BCUT2D eigenvalue weighted by Gasteiger charge is 2.62. The number of hydrogen-bond donors (Lipinski definition) is 1. The van der Waals surface area contributed by atoms with Gasteiger partial charge >= 0.3 is 16.3 Å². The number of Topliss-reactive ketones (excluding diaryl/α,β-unsaturated/α-hetero) is 1. The maximum absolute atomic E-state index is 14.7. The first-order valence-corrected chi connectivity index (χ1v) is 20.0. The van der Waals surface area contributed by atoms with E-state index in [0.29, 0.717) is 42.7 Å². The van der Waals surface area contributed by atoms with Gasteiger partial charge in [0.1, 0.15) is 17.5 Å². The van der Waals surface area contributed by atoms with Crippen molar-refractivity contribution in [2.24, 2.45) is 22.7 Å². The predicted molar refractivity (Wildman–Crippen MR) is 199 cm³/mol. The number of nitrogens with zero attached hydrogens (tertiary/aromatic N) is 2. The number of ketones is 1. The molecular formula is C39H55N3O11S. The molecule has 2 saturated carbocycles. The van der Waals surface area contributed by atoms with E-state index < -0.39 is 74.0 Å². The van der Waals surface area contributed by atoms with Crippen LogP contribution in [0.4, 0.5) is 0 Å². The Kier molecular flexibility index (Phi) is 11.8. The number of carbonyl (C=O) groups excluding carboxylic acids is 4. The minimum atomic E-state index is -4.41. The molecule has 2 heterocycles. The van der Waals surface area contributed by atoms with Crippen molar-refractivity contribution in [1.82, 2.24) is 14.6 Å². The van der Waals surface area contributed by atoms with Gasteiger partial charge in [-0.05, 0) is 81.0 Å². The number of amides is 2. The van der Waals surface area contributed by atoms with Crippen LogP contribution in [-0.4, -0.2) is 92.6 Å². The van der Waals surface area contributed by atoms with Crippen LogP contribution in [-0.2, 0) is 43.1 Å². The molecule has 0 unspecified atom stereocenters. The molecule has 0 radical (unpaired) electrons. The molecule has 2 aromatic rings. The highest BCUT2D eigenvalue weighted by Crippen LogP contribution is 2.58. The quantitative estimate of drug-likeness (QED) is 0.215. The summed E-state index contributed by atoms with van der Waals surface area (Å²) in [4.78, 5) is 62.0. The number of fused-ring (bicyclic) bond motifs is 1. The van der Waals surface area contributed by atoms with Crippen molar-refractivity contribution in [3.05, 3.63) is 30.5 Å². The minimum absolute atomic E-state index is 0.0114. The molecule has 2 aliphatic carbocycles. The molecule has 1 saturated heterocycles. The van der Waals surface area contributed by atoms with Crippen LogP contribution < -0.4 is 14.2 Å². The molecule has 14 nitrogen and oxygen atoms in total. The van der Waals surface area contributed by atoms with Gasteiger partial charge in [-0.2, -0.15) is 8.42 Å². The maximum atomic E-state index is 14.7. The van der Waals surface area contributed by atoms with Gasteiger partial charge in [0.2, 0.25) is 17.7 Å². The summed E-state index contributed by atoms with van der Waals surface area (Å²) >= 11 is 0. The topological polar surface area (TPSA) is 177 Å². The fraction of sp³-hybridized carbons (Fsp3) is 0.667. The van der Waals surface area contributed by atoms with Crippen molar-refractivity contribution in [3.8, 4) is 11.6 Å². The monoisotopic (exact) mass is 773 g/mol. The predicted octanol–water partition coefficient (Wildman–Crippen LogP) is 4.92. The van der Waals surface area contributed by atoms with E-state index in [2.05, 4.69) is 9.71 Å². The molecule has 0 bridgehead atoms. The van der Waals surface area contributed by atoms with Crippen LogP contribution in [0.1, 0.15) is 93.4 Å². The van der Waals surface area contributed by atoms with E-state index in [1.54, 1.807) is 40.1 Å². The lowest BCUT2D eigenvalue weighted by atomic mass is 9.77. The zero-order valence-corrected chi connectivity index (χ0v) is 33.7. The van der Waals surface area contributed by atoms with E-state index in [-0.39, 0.29) is 38.3 Å². The van der Waals surface area contributed by atoms with Crippen LogP contribution in [0.15, 0.2) is 30.5 Å². The molecule has 3 aliphatic rings. The SMILES string of the molecule is CC[C@@H]1C[C@]1(CC(=O)[C@@H]1C[C@@H](Oc2nccc3cc(OC)ccc23)CN1C(=O)[C@@H](CC(=O)OC(C)(C)COC)C(C)(C)C)C(=O)NS(=O)(=O)OC1(C)CC1. The number of hydrogen-bond acceptors (Lipinski definition) is 12. The van der Waals surface area contributed by atoms with Gasteiger partial charge in [0.05, 0.1) is 49.7 Å². The van der Waals surface area contributed by atoms with Gasteiger partial charge in [0.15, 0.2) is 5.78 Å². The maximum Gasteiger partial charge on any atom is 0.362 e. The number of rotatable bonds is 17. The largest absolute Gasteiger partial charge is 0.497 e. The summed E-state index contributed by atoms with van der Waals surface area (Å²) in [7, 11) is -1.33. The van der Waals surface area contributed by atoms with Gasteiger partial charge in [-0.1, -0.05) is 34.1 Å². The number of carbonyl (C=O) groups is 4. The average Bonchev–Trinajstić information content (AvgIpc) is 3.94. The molecule has 5 atom stereocenters. The molecule has 0 spiro atoms. The van der Waals surface area contributed by atoms with Crippen molar-refractivity contribution in [2.75, 3.05) is 27.4 Å². The lowest BCUT2D eigenvalue weighted by molar-refractivity contribution is -0.166. The Labute approximate surface area is 318 Å². The van der Waals surface area contributed by atoms with E-state index in [1.165, 1.54) is 12.0 Å². The number of esters is 1. The number of benzene rings is 1. The van der Waals surface area contributed by atoms with E-state index in [9.17, 15) is 27.6 Å². The Bertz CT molecular complexity index is 1870. The van der Waals surface area contributed by atoms with E-state index in [1.807, 2.05) is 45.9 Å². The third kappa shape index (κ3) is 9.51. The molecule has 298 valence electrons. The number of likely N-dealkylation sites (tertiary alicyclic amines) is 1. The Hall–Kier alpha value is -3.82. The summed E-state index contributed by atoms with van der Waals surface area (Å²) in [6, 6.07) is 6.26. The minimum Gasteiger partial charge on any atom is -0.497 e. The Morgan fingerprint density at radius 1 is 1.07 bits per heavy atom. The average molecular weight is 774 g/mol. The normalized spacial score (nSPS) is 24.1. The molecule has 1 aromatic heterocycles. The highest BCUT2D eigenvalue weighted by molar-refractivity contribution is 7.85. The second kappa shape index (κ2) is 15.4. The van der Waals surface area contributed by atoms with Crippen molar-refractivity contribution < 1.29 is 50.7 Å². The summed E-state index contributed by atoms with van der Waals surface area (Å²) in [5.74, 6) is -2.36. The van der Waals surface area contributed by atoms with Crippen molar-refractivity contribution >= 4 is 44.6 Å². The summed E-state index contributed by atoms with van der Waals surface area (Å²) in [6.07, 6.45) is 2.46. The first-order chi connectivity index (χ1) is 25.1. The molecule has 2 amide bonds. The Morgan fingerprint density at radius 3 is 2.37 bits per heavy atom. The number of nitrogens with one attached hydrogen (secondary N) is 1. The summed E-state index contributed by atoms with van der Waals surface area (Å²) in [5, 5.41) is 1.53. The van der Waals surface area contributed by atoms with Crippen LogP contribution in [0.3, 0.4) is 0 Å². The fourth-order valence-electron chi connectivity index (χ4n) is 7.48. The van der Waals surface area contributed by atoms with Crippen LogP contribution in [0.25, 0.3) is 10.8 Å². The van der Waals surface area contributed by atoms with Crippen LogP contribution in [0.5, 0.6) is 11.6 Å². The third-order valence-corrected chi connectivity index (χ3v) is 11.9.